The third-order valence-corrected chi connectivity index (χ3v) is 3.89. The fourth-order valence-corrected chi connectivity index (χ4v) is 2.91. The van der Waals surface area contributed by atoms with Gasteiger partial charge >= 0.3 is 0 Å². The first-order valence-corrected chi connectivity index (χ1v) is 6.92. The van der Waals surface area contributed by atoms with Crippen LogP contribution in [0.3, 0.4) is 0 Å². The van der Waals surface area contributed by atoms with Gasteiger partial charge in [0.1, 0.15) is 0 Å². The van der Waals surface area contributed by atoms with E-state index < -0.39 is 0 Å². The third-order valence-electron chi connectivity index (χ3n) is 3.89. The second kappa shape index (κ2) is 6.14. The average Bonchev–Trinajstić information content (AvgIpc) is 2.30. The van der Waals surface area contributed by atoms with Gasteiger partial charge in [-0.15, -0.1) is 0 Å². The molecule has 0 spiro atoms. The van der Waals surface area contributed by atoms with Gasteiger partial charge in [0.2, 0.25) is 0 Å². The molecule has 17 heavy (non-hydrogen) atoms. The lowest BCUT2D eigenvalue weighted by atomic mass is 9.90. The Hall–Kier alpha value is -0.160. The van der Waals surface area contributed by atoms with E-state index in [9.17, 15) is 0 Å². The second-order valence-corrected chi connectivity index (χ2v) is 5.43. The Morgan fingerprint density at radius 2 is 2.18 bits per heavy atom. The molecule has 0 aromatic carbocycles. The molecular weight excluding hydrogens is 216 g/mol. The molecule has 2 aliphatic rings. The van der Waals surface area contributed by atoms with E-state index in [0.717, 1.165) is 45.8 Å². The molecule has 2 saturated heterocycles. The zero-order valence-electron chi connectivity index (χ0n) is 11.0. The van der Waals surface area contributed by atoms with E-state index in [1.165, 1.54) is 19.4 Å². The highest BCUT2D eigenvalue weighted by atomic mass is 16.5. The summed E-state index contributed by atoms with van der Waals surface area (Å²) < 4.78 is 11.1. The summed E-state index contributed by atoms with van der Waals surface area (Å²) >= 11 is 0. The molecule has 0 aromatic heterocycles. The van der Waals surface area contributed by atoms with Gasteiger partial charge in [0.25, 0.3) is 0 Å². The minimum Gasteiger partial charge on any atom is -0.381 e. The number of nitrogens with two attached hydrogens (primary N) is 1. The van der Waals surface area contributed by atoms with Crippen LogP contribution >= 0.6 is 0 Å². The van der Waals surface area contributed by atoms with Crippen LogP contribution in [0.4, 0.5) is 0 Å². The van der Waals surface area contributed by atoms with Gasteiger partial charge in [0.05, 0.1) is 6.10 Å². The lowest BCUT2D eigenvalue weighted by Gasteiger charge is -2.41. The Labute approximate surface area is 104 Å². The minimum absolute atomic E-state index is 0.0354. The summed E-state index contributed by atoms with van der Waals surface area (Å²) in [6.07, 6.45) is 4.82. The van der Waals surface area contributed by atoms with E-state index >= 15 is 0 Å². The molecule has 2 N–H and O–H groups in total. The van der Waals surface area contributed by atoms with E-state index in [4.69, 9.17) is 15.2 Å². The molecule has 4 nitrogen and oxygen atoms in total. The quantitative estimate of drug-likeness (QED) is 0.799. The van der Waals surface area contributed by atoms with Gasteiger partial charge in [-0.3, -0.25) is 4.90 Å². The number of ether oxygens (including phenoxy) is 2. The molecule has 0 aromatic rings. The molecule has 4 heteroatoms. The molecule has 2 fully saturated rings. The van der Waals surface area contributed by atoms with Crippen molar-refractivity contribution in [2.24, 2.45) is 5.73 Å². The zero-order valence-corrected chi connectivity index (χ0v) is 11.0. The van der Waals surface area contributed by atoms with Crippen LogP contribution in [0, 0.1) is 0 Å². The van der Waals surface area contributed by atoms with E-state index in [0.29, 0.717) is 6.10 Å². The first-order valence-electron chi connectivity index (χ1n) is 6.92. The topological polar surface area (TPSA) is 47.7 Å². The van der Waals surface area contributed by atoms with Gasteiger partial charge in [0, 0.05) is 38.4 Å². The van der Waals surface area contributed by atoms with Crippen LogP contribution in [0.15, 0.2) is 0 Å². The largest absolute Gasteiger partial charge is 0.381 e. The number of rotatable bonds is 4. The van der Waals surface area contributed by atoms with Crippen LogP contribution in [-0.4, -0.2) is 56.0 Å². The molecule has 0 bridgehead atoms. The van der Waals surface area contributed by atoms with Gasteiger partial charge in [-0.1, -0.05) is 0 Å². The molecule has 2 heterocycles. The normalized spacial score (nSPS) is 30.4. The highest BCUT2D eigenvalue weighted by Crippen LogP contribution is 2.22. The molecule has 1 unspecified atom stereocenters. The summed E-state index contributed by atoms with van der Waals surface area (Å²) in [5.41, 5.74) is 6.41. The molecule has 0 saturated carbocycles. The zero-order chi connectivity index (χ0) is 12.1. The number of piperidine rings is 1. The van der Waals surface area contributed by atoms with Gasteiger partial charge < -0.3 is 15.2 Å². The summed E-state index contributed by atoms with van der Waals surface area (Å²) in [4.78, 5) is 2.48. The highest BCUT2D eigenvalue weighted by Gasteiger charge is 2.32. The molecule has 0 aliphatic carbocycles. The maximum Gasteiger partial charge on any atom is 0.0702 e. The first kappa shape index (κ1) is 13.3. The van der Waals surface area contributed by atoms with Crippen molar-refractivity contribution in [3.8, 4) is 0 Å². The van der Waals surface area contributed by atoms with Crippen molar-refractivity contribution in [2.45, 2.75) is 44.2 Å². The maximum atomic E-state index is 6.45. The van der Waals surface area contributed by atoms with Gasteiger partial charge in [-0.25, -0.2) is 0 Å². The summed E-state index contributed by atoms with van der Waals surface area (Å²) in [7, 11) is 0. The molecule has 1 atom stereocenters. The molecule has 0 amide bonds. The minimum atomic E-state index is -0.0354. The van der Waals surface area contributed by atoms with Gasteiger partial charge in [0.15, 0.2) is 0 Å². The Balaban J connectivity index is 1.81. The predicted molar refractivity (Wildman–Crippen MR) is 68.1 cm³/mol. The second-order valence-electron chi connectivity index (χ2n) is 5.43. The van der Waals surface area contributed by atoms with Crippen LogP contribution in [0.25, 0.3) is 0 Å². The number of hydrogen-bond acceptors (Lipinski definition) is 4. The summed E-state index contributed by atoms with van der Waals surface area (Å²) in [5, 5.41) is 0. The molecule has 2 aliphatic heterocycles. The van der Waals surface area contributed by atoms with Crippen LogP contribution < -0.4 is 5.73 Å². The Kier molecular flexibility index (Phi) is 4.79. The summed E-state index contributed by atoms with van der Waals surface area (Å²) in [6.45, 7) is 7.75. The molecule has 100 valence electrons. The average molecular weight is 242 g/mol. The van der Waals surface area contributed by atoms with Crippen LogP contribution in [0.1, 0.15) is 32.6 Å². The van der Waals surface area contributed by atoms with Crippen molar-refractivity contribution in [3.05, 3.63) is 0 Å². The molecule has 2 rings (SSSR count). The van der Waals surface area contributed by atoms with Gasteiger partial charge in [-0.05, 0) is 39.2 Å². The Morgan fingerprint density at radius 1 is 1.41 bits per heavy atom. The van der Waals surface area contributed by atoms with Crippen molar-refractivity contribution in [2.75, 3.05) is 39.5 Å². The van der Waals surface area contributed by atoms with Crippen molar-refractivity contribution in [1.82, 2.24) is 4.90 Å². The van der Waals surface area contributed by atoms with Crippen LogP contribution in [0.2, 0.25) is 0 Å². The number of likely N-dealkylation sites (tertiary alicyclic amines) is 1. The monoisotopic (exact) mass is 242 g/mol. The molecular formula is C13H26N2O2. The lowest BCUT2D eigenvalue weighted by molar-refractivity contribution is -0.0128. The fraction of sp³-hybridized carbons (Fsp3) is 1.00. The van der Waals surface area contributed by atoms with Gasteiger partial charge in [-0.2, -0.15) is 0 Å². The number of hydrogen-bond donors (Lipinski definition) is 1. The third kappa shape index (κ3) is 3.91. The van der Waals surface area contributed by atoms with Crippen molar-refractivity contribution in [1.29, 1.82) is 0 Å². The highest BCUT2D eigenvalue weighted by molar-refractivity contribution is 4.91. The van der Waals surface area contributed by atoms with Crippen LogP contribution in [-0.2, 0) is 9.47 Å². The summed E-state index contributed by atoms with van der Waals surface area (Å²) in [6, 6.07) is 0. The standard InChI is InChI=1S/C13H26N2O2/c1-2-17-12-4-3-7-15(10-12)11-13(14)5-8-16-9-6-13/h12H,2-11,14H2,1H3. The molecule has 0 radical (unpaired) electrons. The van der Waals surface area contributed by atoms with E-state index in [2.05, 4.69) is 11.8 Å². The Bertz CT molecular complexity index is 227. The first-order chi connectivity index (χ1) is 8.22. The SMILES string of the molecule is CCOC1CCCN(CC2(N)CCOCC2)C1. The van der Waals surface area contributed by atoms with Crippen molar-refractivity contribution < 1.29 is 9.47 Å². The lowest BCUT2D eigenvalue weighted by Crippen LogP contribution is -2.55. The van der Waals surface area contributed by atoms with Crippen molar-refractivity contribution in [3.63, 3.8) is 0 Å². The number of nitrogens with zero attached hydrogens (tertiary/aromatic N) is 1. The summed E-state index contributed by atoms with van der Waals surface area (Å²) in [5.74, 6) is 0. The fourth-order valence-electron chi connectivity index (χ4n) is 2.91. The maximum absolute atomic E-state index is 6.45. The van der Waals surface area contributed by atoms with Crippen molar-refractivity contribution >= 4 is 0 Å². The Morgan fingerprint density at radius 3 is 2.88 bits per heavy atom. The van der Waals surface area contributed by atoms with E-state index in [-0.39, 0.29) is 5.54 Å². The van der Waals surface area contributed by atoms with Crippen LogP contribution in [0.5, 0.6) is 0 Å². The van der Waals surface area contributed by atoms with E-state index in [1.807, 2.05) is 0 Å². The smallest absolute Gasteiger partial charge is 0.0702 e. The van der Waals surface area contributed by atoms with E-state index in [1.54, 1.807) is 0 Å². The predicted octanol–water partition coefficient (Wildman–Crippen LogP) is 0.995.